The van der Waals surface area contributed by atoms with Crippen LogP contribution in [0.15, 0.2) is 227 Å². The van der Waals surface area contributed by atoms with Gasteiger partial charge in [-0.2, -0.15) is 0 Å². The van der Waals surface area contributed by atoms with Crippen LogP contribution < -0.4 is 5.32 Å². The van der Waals surface area contributed by atoms with Crippen molar-refractivity contribution in [3.63, 3.8) is 0 Å². The van der Waals surface area contributed by atoms with Crippen LogP contribution in [-0.4, -0.2) is 11.7 Å². The topological polar surface area (TPSA) is 49.9 Å². The van der Waals surface area contributed by atoms with E-state index in [1.54, 1.807) is 0 Å². The summed E-state index contributed by atoms with van der Waals surface area (Å²) in [4.78, 5) is 10.3. The monoisotopic (exact) mass is 755 g/mol. The molecule has 4 nitrogen and oxygen atoms in total. The third-order valence-electron chi connectivity index (χ3n) is 11.4. The molecule has 0 saturated carbocycles. The van der Waals surface area contributed by atoms with Crippen LogP contribution in [0.3, 0.4) is 0 Å². The van der Waals surface area contributed by atoms with E-state index in [-0.39, 0.29) is 6.17 Å². The van der Waals surface area contributed by atoms with Crippen LogP contribution in [0.4, 0.5) is 0 Å². The highest BCUT2D eigenvalue weighted by Gasteiger charge is 2.22. The Kier molecular flexibility index (Phi) is 8.52. The lowest BCUT2D eigenvalue weighted by Crippen LogP contribution is -2.33. The number of nitrogens with zero attached hydrogens (tertiary/aromatic N) is 2. The molecule has 0 spiro atoms. The number of hydrogen-bond donors (Lipinski definition) is 1. The minimum Gasteiger partial charge on any atom is -0.455 e. The van der Waals surface area contributed by atoms with Crippen molar-refractivity contribution in [1.82, 2.24) is 5.32 Å². The normalized spacial score (nSPS) is 13.9. The third-order valence-corrected chi connectivity index (χ3v) is 11.4. The highest BCUT2D eigenvalue weighted by atomic mass is 16.3. The number of para-hydroxylation sites is 1. The summed E-state index contributed by atoms with van der Waals surface area (Å²) in [5.41, 5.74) is 14.0. The standard InChI is InChI=1S/C55H37N3O/c1-3-11-36(12-4-1)38-19-21-39(22-20-38)40-23-28-43(29-24-40)54-56-53(42-14-5-2-6-15-42)57-55(58-54)44-30-26-41(27-31-44)47-33-34-48(46-32-25-37-13-7-8-16-45(37)35-46)52-51(47)49-17-9-10-18-50(49)59-52/h1-35,53H,(H,56,57,58). The molecule has 0 amide bonds. The summed E-state index contributed by atoms with van der Waals surface area (Å²) in [6, 6.07) is 74.7. The molecule has 1 aromatic heterocycles. The molecule has 59 heavy (non-hydrogen) atoms. The van der Waals surface area contributed by atoms with Crippen LogP contribution in [-0.2, 0) is 0 Å². The van der Waals surface area contributed by atoms with Crippen molar-refractivity contribution < 1.29 is 4.42 Å². The van der Waals surface area contributed by atoms with E-state index in [1.165, 1.54) is 27.5 Å². The number of fused-ring (bicyclic) bond motifs is 4. The van der Waals surface area contributed by atoms with Gasteiger partial charge in [0, 0.05) is 27.5 Å². The fourth-order valence-corrected chi connectivity index (χ4v) is 8.29. The average molecular weight is 756 g/mol. The maximum Gasteiger partial charge on any atom is 0.159 e. The third kappa shape index (κ3) is 6.47. The van der Waals surface area contributed by atoms with Crippen molar-refractivity contribution in [2.24, 2.45) is 9.98 Å². The number of aliphatic imine (C=N–C) groups is 2. The van der Waals surface area contributed by atoms with Crippen LogP contribution in [0.25, 0.3) is 77.2 Å². The molecule has 9 aromatic carbocycles. The number of benzene rings is 9. The Morgan fingerprint density at radius 1 is 0.407 bits per heavy atom. The van der Waals surface area contributed by atoms with Gasteiger partial charge in [-0.05, 0) is 73.5 Å². The van der Waals surface area contributed by atoms with Gasteiger partial charge in [0.2, 0.25) is 0 Å². The molecular weight excluding hydrogens is 719 g/mol. The van der Waals surface area contributed by atoms with Gasteiger partial charge >= 0.3 is 0 Å². The van der Waals surface area contributed by atoms with Gasteiger partial charge in [-0.15, -0.1) is 0 Å². The van der Waals surface area contributed by atoms with Gasteiger partial charge in [0.15, 0.2) is 5.84 Å². The second kappa shape index (κ2) is 14.6. The number of hydrogen-bond acceptors (Lipinski definition) is 4. The minimum atomic E-state index is -0.289. The van der Waals surface area contributed by atoms with Gasteiger partial charge in [0.05, 0.1) is 0 Å². The molecule has 2 heterocycles. The van der Waals surface area contributed by atoms with Crippen LogP contribution in [0.1, 0.15) is 22.9 Å². The molecule has 1 atom stereocenters. The minimum absolute atomic E-state index is 0.289. The first-order chi connectivity index (χ1) is 29.2. The molecule has 1 N–H and O–H groups in total. The Bertz CT molecular complexity index is 3200. The first kappa shape index (κ1) is 34.4. The molecule has 11 rings (SSSR count). The fourth-order valence-electron chi connectivity index (χ4n) is 8.29. The zero-order valence-corrected chi connectivity index (χ0v) is 32.1. The number of furan rings is 1. The molecule has 1 aliphatic heterocycles. The molecule has 0 radical (unpaired) electrons. The number of amidine groups is 2. The number of nitrogens with one attached hydrogen (secondary N) is 1. The Labute approximate surface area is 342 Å². The van der Waals surface area contributed by atoms with Gasteiger partial charge in [0.25, 0.3) is 0 Å². The highest BCUT2D eigenvalue weighted by Crippen LogP contribution is 2.42. The molecule has 10 aromatic rings. The van der Waals surface area contributed by atoms with E-state index in [2.05, 4.69) is 199 Å². The van der Waals surface area contributed by atoms with Crippen LogP contribution in [0, 0.1) is 0 Å². The summed E-state index contributed by atoms with van der Waals surface area (Å²) in [6.07, 6.45) is -0.289. The summed E-state index contributed by atoms with van der Waals surface area (Å²) in [6.45, 7) is 0. The first-order valence-electron chi connectivity index (χ1n) is 20.0. The predicted molar refractivity (Wildman–Crippen MR) is 245 cm³/mol. The van der Waals surface area contributed by atoms with Gasteiger partial charge < -0.3 is 9.73 Å². The molecular formula is C55H37N3O. The molecule has 0 fully saturated rings. The predicted octanol–water partition coefficient (Wildman–Crippen LogP) is 13.9. The lowest BCUT2D eigenvalue weighted by Gasteiger charge is -2.24. The van der Waals surface area contributed by atoms with Crippen LogP contribution in [0.5, 0.6) is 0 Å². The second-order valence-electron chi connectivity index (χ2n) is 15.0. The smallest absolute Gasteiger partial charge is 0.159 e. The van der Waals surface area contributed by atoms with Gasteiger partial charge in [-0.25, -0.2) is 9.98 Å². The van der Waals surface area contributed by atoms with E-state index >= 15 is 0 Å². The quantitative estimate of drug-likeness (QED) is 0.176. The van der Waals surface area contributed by atoms with E-state index in [1.807, 2.05) is 18.2 Å². The number of rotatable bonds is 7. The molecule has 4 heteroatoms. The first-order valence-corrected chi connectivity index (χ1v) is 20.0. The van der Waals surface area contributed by atoms with Gasteiger partial charge in [0.1, 0.15) is 23.2 Å². The van der Waals surface area contributed by atoms with Gasteiger partial charge in [-0.3, -0.25) is 0 Å². The van der Waals surface area contributed by atoms with Crippen molar-refractivity contribution in [1.29, 1.82) is 0 Å². The zero-order chi connectivity index (χ0) is 39.1. The molecule has 1 unspecified atom stereocenters. The SMILES string of the molecule is c1ccc(-c2ccc(-c3ccc(C4=NC(c5ccccc5)NC(c5ccc(-c6ccc(-c7ccc8ccccc8c7)c7oc8ccccc8c67)cc5)=N4)cc3)cc2)cc1. The highest BCUT2D eigenvalue weighted by molar-refractivity contribution is 6.17. The molecule has 0 aliphatic carbocycles. The van der Waals surface area contributed by atoms with E-state index < -0.39 is 0 Å². The van der Waals surface area contributed by atoms with E-state index in [0.717, 1.165) is 72.3 Å². The van der Waals surface area contributed by atoms with E-state index in [9.17, 15) is 0 Å². The van der Waals surface area contributed by atoms with E-state index in [0.29, 0.717) is 5.84 Å². The fraction of sp³-hybridized carbons (Fsp3) is 0.0182. The summed E-state index contributed by atoms with van der Waals surface area (Å²) in [5, 5.41) is 8.28. The van der Waals surface area contributed by atoms with E-state index in [4.69, 9.17) is 14.4 Å². The lowest BCUT2D eigenvalue weighted by molar-refractivity contribution is 0.670. The molecule has 0 bridgehead atoms. The van der Waals surface area contributed by atoms with Crippen LogP contribution >= 0.6 is 0 Å². The Morgan fingerprint density at radius 3 is 1.68 bits per heavy atom. The largest absolute Gasteiger partial charge is 0.455 e. The second-order valence-corrected chi connectivity index (χ2v) is 15.0. The Balaban J connectivity index is 0.934. The van der Waals surface area contributed by atoms with Crippen molar-refractivity contribution >= 4 is 44.4 Å². The lowest BCUT2D eigenvalue weighted by atomic mass is 9.93. The average Bonchev–Trinajstić information content (AvgIpc) is 3.72. The Hall–Kier alpha value is -7.82. The molecule has 1 aliphatic rings. The molecule has 0 saturated heterocycles. The Morgan fingerprint density at radius 2 is 0.949 bits per heavy atom. The zero-order valence-electron chi connectivity index (χ0n) is 32.1. The summed E-state index contributed by atoms with van der Waals surface area (Å²) < 4.78 is 6.65. The summed E-state index contributed by atoms with van der Waals surface area (Å²) >= 11 is 0. The summed E-state index contributed by atoms with van der Waals surface area (Å²) in [7, 11) is 0. The van der Waals surface area contributed by atoms with Crippen molar-refractivity contribution in [3.8, 4) is 44.5 Å². The van der Waals surface area contributed by atoms with Gasteiger partial charge in [-0.1, -0.05) is 194 Å². The van der Waals surface area contributed by atoms with Crippen molar-refractivity contribution in [2.75, 3.05) is 0 Å². The maximum absolute atomic E-state index is 6.65. The van der Waals surface area contributed by atoms with Crippen molar-refractivity contribution in [2.45, 2.75) is 6.17 Å². The van der Waals surface area contributed by atoms with Crippen molar-refractivity contribution in [3.05, 3.63) is 229 Å². The molecule has 278 valence electrons. The van der Waals surface area contributed by atoms with Crippen LogP contribution in [0.2, 0.25) is 0 Å². The maximum atomic E-state index is 6.65. The summed E-state index contributed by atoms with van der Waals surface area (Å²) in [5.74, 6) is 1.47.